The van der Waals surface area contributed by atoms with Gasteiger partial charge < -0.3 is 5.11 Å². The number of carbonyl (C=O) groups is 1. The van der Waals surface area contributed by atoms with Crippen LogP contribution in [-0.4, -0.2) is 11.1 Å². The molecule has 2 heteroatoms. The Kier molecular flexibility index (Phi) is 4.78. The summed E-state index contributed by atoms with van der Waals surface area (Å²) in [4.78, 5) is 10.9. The number of aliphatic carboxylic acids is 1. The van der Waals surface area contributed by atoms with Gasteiger partial charge in [-0.15, -0.1) is 0 Å². The SMILES string of the molecule is C/C(=C\c1cccc(C2CCCCCC2)c1)C(=O)O. The normalized spacial score (nSPS) is 18.1. The quantitative estimate of drug-likeness (QED) is 0.635. The molecular formula is C17H22O2. The summed E-state index contributed by atoms with van der Waals surface area (Å²) < 4.78 is 0. The zero-order valence-electron chi connectivity index (χ0n) is 11.6. The lowest BCUT2D eigenvalue weighted by atomic mass is 9.90. The second kappa shape index (κ2) is 6.55. The van der Waals surface area contributed by atoms with Crippen LogP contribution in [0.25, 0.3) is 6.08 Å². The fraction of sp³-hybridized carbons (Fsp3) is 0.471. The summed E-state index contributed by atoms with van der Waals surface area (Å²) in [6.07, 6.45) is 9.64. The van der Waals surface area contributed by atoms with Crippen molar-refractivity contribution in [2.75, 3.05) is 0 Å². The summed E-state index contributed by atoms with van der Waals surface area (Å²) in [5, 5.41) is 8.93. The van der Waals surface area contributed by atoms with E-state index in [2.05, 4.69) is 12.1 Å². The number of carboxylic acid groups (broad SMARTS) is 1. The molecule has 1 aromatic carbocycles. The van der Waals surface area contributed by atoms with Crippen LogP contribution in [0.2, 0.25) is 0 Å². The van der Waals surface area contributed by atoms with Gasteiger partial charge in [-0.25, -0.2) is 4.79 Å². The largest absolute Gasteiger partial charge is 0.478 e. The van der Waals surface area contributed by atoms with Crippen LogP contribution in [0.1, 0.15) is 62.5 Å². The molecule has 2 nitrogen and oxygen atoms in total. The highest BCUT2D eigenvalue weighted by molar-refractivity contribution is 5.91. The molecule has 0 aromatic heterocycles. The first-order chi connectivity index (χ1) is 9.16. The van der Waals surface area contributed by atoms with Gasteiger partial charge >= 0.3 is 5.97 Å². The Morgan fingerprint density at radius 1 is 1.21 bits per heavy atom. The van der Waals surface area contributed by atoms with Crippen LogP contribution in [0.3, 0.4) is 0 Å². The van der Waals surface area contributed by atoms with Crippen molar-refractivity contribution in [3.05, 3.63) is 41.0 Å². The van der Waals surface area contributed by atoms with E-state index in [0.717, 1.165) is 5.56 Å². The molecule has 0 amide bonds. The van der Waals surface area contributed by atoms with E-state index in [9.17, 15) is 4.79 Å². The minimum Gasteiger partial charge on any atom is -0.478 e. The molecule has 0 radical (unpaired) electrons. The molecule has 0 unspecified atom stereocenters. The number of rotatable bonds is 3. The van der Waals surface area contributed by atoms with Crippen molar-refractivity contribution < 1.29 is 9.90 Å². The van der Waals surface area contributed by atoms with Crippen LogP contribution in [-0.2, 0) is 4.79 Å². The lowest BCUT2D eigenvalue weighted by molar-refractivity contribution is -0.132. The molecule has 19 heavy (non-hydrogen) atoms. The first kappa shape index (κ1) is 13.9. The fourth-order valence-electron chi connectivity index (χ4n) is 2.83. The summed E-state index contributed by atoms with van der Waals surface area (Å²) in [5.74, 6) is -0.194. The summed E-state index contributed by atoms with van der Waals surface area (Å²) >= 11 is 0. The van der Waals surface area contributed by atoms with Crippen molar-refractivity contribution in [3.63, 3.8) is 0 Å². The van der Waals surface area contributed by atoms with Crippen molar-refractivity contribution in [1.82, 2.24) is 0 Å². The number of carboxylic acids is 1. The molecule has 102 valence electrons. The number of hydrogen-bond donors (Lipinski definition) is 1. The van der Waals surface area contributed by atoms with Crippen molar-refractivity contribution in [2.45, 2.75) is 51.4 Å². The summed E-state index contributed by atoms with van der Waals surface area (Å²) in [7, 11) is 0. The topological polar surface area (TPSA) is 37.3 Å². The molecule has 0 bridgehead atoms. The average Bonchev–Trinajstić information content (AvgIpc) is 2.67. The zero-order chi connectivity index (χ0) is 13.7. The maximum absolute atomic E-state index is 10.9. The number of hydrogen-bond acceptors (Lipinski definition) is 1. The molecule has 0 saturated heterocycles. The minimum absolute atomic E-state index is 0.387. The molecule has 1 saturated carbocycles. The highest BCUT2D eigenvalue weighted by Crippen LogP contribution is 2.32. The predicted octanol–water partition coefficient (Wildman–Crippen LogP) is 4.61. The average molecular weight is 258 g/mol. The van der Waals surface area contributed by atoms with Crippen LogP contribution in [0.5, 0.6) is 0 Å². The van der Waals surface area contributed by atoms with Gasteiger partial charge in [0.1, 0.15) is 0 Å². The monoisotopic (exact) mass is 258 g/mol. The molecular weight excluding hydrogens is 236 g/mol. The zero-order valence-corrected chi connectivity index (χ0v) is 11.6. The molecule has 1 aliphatic carbocycles. The van der Waals surface area contributed by atoms with Gasteiger partial charge in [-0.1, -0.05) is 49.9 Å². The first-order valence-electron chi connectivity index (χ1n) is 7.18. The molecule has 2 rings (SSSR count). The van der Waals surface area contributed by atoms with Gasteiger partial charge in [-0.2, -0.15) is 0 Å². The van der Waals surface area contributed by atoms with E-state index in [1.165, 1.54) is 44.1 Å². The highest BCUT2D eigenvalue weighted by Gasteiger charge is 2.14. The standard InChI is InChI=1S/C17H22O2/c1-13(17(18)19)11-14-7-6-10-16(12-14)15-8-4-2-3-5-9-15/h6-7,10-12,15H,2-5,8-9H2,1H3,(H,18,19)/b13-11+. The predicted molar refractivity (Wildman–Crippen MR) is 78.2 cm³/mol. The molecule has 1 fully saturated rings. The van der Waals surface area contributed by atoms with Crippen molar-refractivity contribution in [2.24, 2.45) is 0 Å². The number of benzene rings is 1. The fourth-order valence-corrected chi connectivity index (χ4v) is 2.83. The van der Waals surface area contributed by atoms with Crippen LogP contribution >= 0.6 is 0 Å². The Bertz CT molecular complexity index is 466. The highest BCUT2D eigenvalue weighted by atomic mass is 16.4. The van der Waals surface area contributed by atoms with Crippen LogP contribution < -0.4 is 0 Å². The van der Waals surface area contributed by atoms with E-state index in [4.69, 9.17) is 5.11 Å². The third-order valence-corrected chi connectivity index (χ3v) is 3.96. The lowest BCUT2D eigenvalue weighted by Gasteiger charge is -2.15. The molecule has 0 spiro atoms. The summed E-state index contributed by atoms with van der Waals surface area (Å²) in [6.45, 7) is 1.64. The molecule has 1 aromatic rings. The summed E-state index contributed by atoms with van der Waals surface area (Å²) in [6, 6.07) is 8.36. The molecule has 0 heterocycles. The second-order valence-electron chi connectivity index (χ2n) is 5.49. The second-order valence-corrected chi connectivity index (χ2v) is 5.49. The van der Waals surface area contributed by atoms with Gasteiger partial charge in [-0.3, -0.25) is 0 Å². The van der Waals surface area contributed by atoms with E-state index < -0.39 is 5.97 Å². The van der Waals surface area contributed by atoms with E-state index in [0.29, 0.717) is 11.5 Å². The van der Waals surface area contributed by atoms with Gasteiger partial charge in [-0.05, 0) is 42.9 Å². The Balaban J connectivity index is 2.18. The summed E-state index contributed by atoms with van der Waals surface area (Å²) in [5.41, 5.74) is 2.76. The van der Waals surface area contributed by atoms with Gasteiger partial charge in [0.25, 0.3) is 0 Å². The van der Waals surface area contributed by atoms with Crippen LogP contribution in [0, 0.1) is 0 Å². The smallest absolute Gasteiger partial charge is 0.331 e. The Morgan fingerprint density at radius 2 is 1.89 bits per heavy atom. The molecule has 1 N–H and O–H groups in total. The van der Waals surface area contributed by atoms with Gasteiger partial charge in [0.2, 0.25) is 0 Å². The minimum atomic E-state index is -0.847. The van der Waals surface area contributed by atoms with Gasteiger partial charge in [0, 0.05) is 5.57 Å². The van der Waals surface area contributed by atoms with E-state index in [1.807, 2.05) is 12.1 Å². The Labute approximate surface area is 115 Å². The van der Waals surface area contributed by atoms with Gasteiger partial charge in [0.05, 0.1) is 0 Å². The van der Waals surface area contributed by atoms with Crippen molar-refractivity contribution in [1.29, 1.82) is 0 Å². The lowest BCUT2D eigenvalue weighted by Crippen LogP contribution is -1.98. The van der Waals surface area contributed by atoms with E-state index in [-0.39, 0.29) is 0 Å². The van der Waals surface area contributed by atoms with Crippen molar-refractivity contribution in [3.8, 4) is 0 Å². The molecule has 1 aliphatic rings. The van der Waals surface area contributed by atoms with Crippen LogP contribution in [0.4, 0.5) is 0 Å². The van der Waals surface area contributed by atoms with E-state index in [1.54, 1.807) is 13.0 Å². The van der Waals surface area contributed by atoms with E-state index >= 15 is 0 Å². The molecule has 0 atom stereocenters. The Morgan fingerprint density at radius 3 is 2.53 bits per heavy atom. The molecule has 0 aliphatic heterocycles. The maximum Gasteiger partial charge on any atom is 0.331 e. The van der Waals surface area contributed by atoms with Crippen molar-refractivity contribution >= 4 is 12.0 Å². The third-order valence-electron chi connectivity index (χ3n) is 3.96. The Hall–Kier alpha value is -1.57. The van der Waals surface area contributed by atoms with Gasteiger partial charge in [0.15, 0.2) is 0 Å². The third kappa shape index (κ3) is 3.95. The first-order valence-corrected chi connectivity index (χ1v) is 7.18. The maximum atomic E-state index is 10.9. The van der Waals surface area contributed by atoms with Crippen LogP contribution in [0.15, 0.2) is 29.8 Å².